The van der Waals surface area contributed by atoms with E-state index in [0.29, 0.717) is 5.95 Å². The molecule has 1 aromatic heterocycles. The SMILES string of the molecule is CCCNc1nc(-c2ccccc2)cc(N(CC)CC)n1. The molecule has 0 aliphatic carbocycles. The third-order valence-corrected chi connectivity index (χ3v) is 3.40. The number of nitrogens with zero attached hydrogens (tertiary/aromatic N) is 3. The quantitative estimate of drug-likeness (QED) is 0.839. The molecule has 0 saturated heterocycles. The predicted octanol–water partition coefficient (Wildman–Crippen LogP) is 3.81. The van der Waals surface area contributed by atoms with Gasteiger partial charge in [0.05, 0.1) is 5.69 Å². The van der Waals surface area contributed by atoms with Crippen molar-refractivity contribution in [1.82, 2.24) is 9.97 Å². The molecule has 112 valence electrons. The molecule has 2 rings (SSSR count). The lowest BCUT2D eigenvalue weighted by Gasteiger charge is -2.21. The molecule has 1 aromatic carbocycles. The largest absolute Gasteiger partial charge is 0.357 e. The van der Waals surface area contributed by atoms with Gasteiger partial charge in [0.1, 0.15) is 5.82 Å². The second kappa shape index (κ2) is 7.62. The van der Waals surface area contributed by atoms with Gasteiger partial charge in [-0.25, -0.2) is 4.98 Å². The van der Waals surface area contributed by atoms with Gasteiger partial charge in [0, 0.05) is 31.3 Å². The first-order valence-corrected chi connectivity index (χ1v) is 7.71. The minimum absolute atomic E-state index is 0.708. The fourth-order valence-corrected chi connectivity index (χ4v) is 2.22. The highest BCUT2D eigenvalue weighted by Gasteiger charge is 2.10. The number of aromatic nitrogens is 2. The van der Waals surface area contributed by atoms with E-state index in [4.69, 9.17) is 0 Å². The van der Waals surface area contributed by atoms with E-state index >= 15 is 0 Å². The van der Waals surface area contributed by atoms with E-state index < -0.39 is 0 Å². The summed E-state index contributed by atoms with van der Waals surface area (Å²) < 4.78 is 0. The molecule has 1 heterocycles. The van der Waals surface area contributed by atoms with Crippen molar-refractivity contribution in [3.63, 3.8) is 0 Å². The maximum atomic E-state index is 4.64. The van der Waals surface area contributed by atoms with E-state index in [1.54, 1.807) is 0 Å². The van der Waals surface area contributed by atoms with E-state index in [1.807, 2.05) is 18.2 Å². The van der Waals surface area contributed by atoms with Gasteiger partial charge >= 0.3 is 0 Å². The second-order valence-electron chi connectivity index (χ2n) is 4.90. The topological polar surface area (TPSA) is 41.1 Å². The Hall–Kier alpha value is -2.10. The van der Waals surface area contributed by atoms with E-state index in [-0.39, 0.29) is 0 Å². The van der Waals surface area contributed by atoms with Gasteiger partial charge in [-0.05, 0) is 20.3 Å². The molecule has 0 radical (unpaired) electrons. The van der Waals surface area contributed by atoms with Crippen molar-refractivity contribution >= 4 is 11.8 Å². The number of anilines is 2. The lowest BCUT2D eigenvalue weighted by molar-refractivity contribution is 0.840. The Morgan fingerprint density at radius 2 is 1.71 bits per heavy atom. The molecule has 2 aromatic rings. The van der Waals surface area contributed by atoms with E-state index in [1.165, 1.54) is 0 Å². The third kappa shape index (κ3) is 3.94. The highest BCUT2D eigenvalue weighted by atomic mass is 15.2. The van der Waals surface area contributed by atoms with Gasteiger partial charge in [0.2, 0.25) is 5.95 Å². The van der Waals surface area contributed by atoms with Crippen molar-refractivity contribution in [1.29, 1.82) is 0 Å². The predicted molar refractivity (Wildman–Crippen MR) is 89.8 cm³/mol. The van der Waals surface area contributed by atoms with Crippen LogP contribution in [0.15, 0.2) is 36.4 Å². The van der Waals surface area contributed by atoms with Gasteiger partial charge in [-0.3, -0.25) is 0 Å². The molecular formula is C17H24N4. The molecule has 0 saturated carbocycles. The molecule has 0 unspecified atom stereocenters. The Kier molecular flexibility index (Phi) is 5.55. The fraction of sp³-hybridized carbons (Fsp3) is 0.412. The van der Waals surface area contributed by atoms with Gasteiger partial charge in [-0.2, -0.15) is 4.98 Å². The first-order chi connectivity index (χ1) is 10.3. The van der Waals surface area contributed by atoms with Gasteiger partial charge in [0.25, 0.3) is 0 Å². The summed E-state index contributed by atoms with van der Waals surface area (Å²) in [4.78, 5) is 11.5. The zero-order valence-electron chi connectivity index (χ0n) is 13.1. The molecule has 0 spiro atoms. The maximum Gasteiger partial charge on any atom is 0.225 e. The zero-order chi connectivity index (χ0) is 15.1. The highest BCUT2D eigenvalue weighted by molar-refractivity contribution is 5.64. The van der Waals surface area contributed by atoms with Gasteiger partial charge in [-0.15, -0.1) is 0 Å². The van der Waals surface area contributed by atoms with Crippen molar-refractivity contribution in [2.45, 2.75) is 27.2 Å². The summed E-state index contributed by atoms with van der Waals surface area (Å²) in [5.41, 5.74) is 2.08. The number of rotatable bonds is 7. The molecule has 0 atom stereocenters. The van der Waals surface area contributed by atoms with Gasteiger partial charge in [-0.1, -0.05) is 37.3 Å². The van der Waals surface area contributed by atoms with Crippen LogP contribution in [0.3, 0.4) is 0 Å². The summed E-state index contributed by atoms with van der Waals surface area (Å²) >= 11 is 0. The highest BCUT2D eigenvalue weighted by Crippen LogP contribution is 2.23. The van der Waals surface area contributed by atoms with Crippen LogP contribution in [-0.2, 0) is 0 Å². The van der Waals surface area contributed by atoms with Gasteiger partial charge < -0.3 is 10.2 Å². The second-order valence-corrected chi connectivity index (χ2v) is 4.90. The Labute approximate surface area is 127 Å². The van der Waals surface area contributed by atoms with Crippen molar-refractivity contribution < 1.29 is 0 Å². The maximum absolute atomic E-state index is 4.64. The van der Waals surface area contributed by atoms with Crippen LogP contribution in [0.5, 0.6) is 0 Å². The molecule has 0 aliphatic heterocycles. The molecule has 0 fully saturated rings. The molecular weight excluding hydrogens is 260 g/mol. The van der Waals surface area contributed by atoms with Crippen molar-refractivity contribution in [2.75, 3.05) is 29.9 Å². The monoisotopic (exact) mass is 284 g/mol. The molecule has 21 heavy (non-hydrogen) atoms. The van der Waals surface area contributed by atoms with E-state index in [2.05, 4.69) is 59.2 Å². The van der Waals surface area contributed by atoms with Crippen molar-refractivity contribution in [2.24, 2.45) is 0 Å². The number of hydrogen-bond acceptors (Lipinski definition) is 4. The van der Waals surface area contributed by atoms with Gasteiger partial charge in [0.15, 0.2) is 0 Å². The summed E-state index contributed by atoms with van der Waals surface area (Å²) in [5, 5.41) is 3.30. The van der Waals surface area contributed by atoms with E-state index in [9.17, 15) is 0 Å². The third-order valence-electron chi connectivity index (χ3n) is 3.40. The van der Waals surface area contributed by atoms with Crippen LogP contribution in [0, 0.1) is 0 Å². The molecule has 4 heteroatoms. The number of nitrogens with one attached hydrogen (secondary N) is 1. The lowest BCUT2D eigenvalue weighted by atomic mass is 10.1. The molecule has 0 amide bonds. The summed E-state index contributed by atoms with van der Waals surface area (Å²) in [6, 6.07) is 12.3. The summed E-state index contributed by atoms with van der Waals surface area (Å²) in [5.74, 6) is 1.69. The van der Waals surface area contributed by atoms with Crippen LogP contribution in [0.2, 0.25) is 0 Å². The Morgan fingerprint density at radius 3 is 2.33 bits per heavy atom. The first kappa shape index (κ1) is 15.3. The van der Waals surface area contributed by atoms with Crippen LogP contribution >= 0.6 is 0 Å². The van der Waals surface area contributed by atoms with E-state index in [0.717, 1.165) is 43.1 Å². The average Bonchev–Trinajstić information content (AvgIpc) is 2.55. The summed E-state index contributed by atoms with van der Waals surface area (Å²) in [6.45, 7) is 9.19. The van der Waals surface area contributed by atoms with Crippen molar-refractivity contribution in [3.8, 4) is 11.3 Å². The molecule has 0 bridgehead atoms. The molecule has 4 nitrogen and oxygen atoms in total. The fourth-order valence-electron chi connectivity index (χ4n) is 2.22. The summed E-state index contributed by atoms with van der Waals surface area (Å²) in [6.07, 6.45) is 1.06. The van der Waals surface area contributed by atoms with Crippen molar-refractivity contribution in [3.05, 3.63) is 36.4 Å². The molecule has 0 aliphatic rings. The van der Waals surface area contributed by atoms with Crippen LogP contribution in [-0.4, -0.2) is 29.6 Å². The normalized spacial score (nSPS) is 10.4. The molecule has 1 N–H and O–H groups in total. The van der Waals surface area contributed by atoms with Crippen LogP contribution in [0.1, 0.15) is 27.2 Å². The van der Waals surface area contributed by atoms with Crippen LogP contribution < -0.4 is 10.2 Å². The minimum Gasteiger partial charge on any atom is -0.357 e. The zero-order valence-corrected chi connectivity index (χ0v) is 13.1. The number of benzene rings is 1. The standard InChI is InChI=1S/C17H24N4/c1-4-12-18-17-19-15(14-10-8-7-9-11-14)13-16(20-17)21(5-2)6-3/h7-11,13H,4-6,12H2,1-3H3,(H,18,19,20). The smallest absolute Gasteiger partial charge is 0.225 e. The van der Waals surface area contributed by atoms with Crippen LogP contribution in [0.25, 0.3) is 11.3 Å². The Morgan fingerprint density at radius 1 is 1.00 bits per heavy atom. The Bertz CT molecular complexity index is 550. The summed E-state index contributed by atoms with van der Waals surface area (Å²) in [7, 11) is 0. The minimum atomic E-state index is 0.708. The average molecular weight is 284 g/mol. The first-order valence-electron chi connectivity index (χ1n) is 7.71. The van der Waals surface area contributed by atoms with Crippen LogP contribution in [0.4, 0.5) is 11.8 Å². The number of hydrogen-bond donors (Lipinski definition) is 1. The Balaban J connectivity index is 2.41. The lowest BCUT2D eigenvalue weighted by Crippen LogP contribution is -2.23.